The van der Waals surface area contributed by atoms with Gasteiger partial charge in [0.15, 0.2) is 0 Å². The Balaban J connectivity index is 2.05. The first-order valence-electron chi connectivity index (χ1n) is 6.03. The van der Waals surface area contributed by atoms with Gasteiger partial charge in [0, 0.05) is 6.04 Å². The highest BCUT2D eigenvalue weighted by atomic mass is 35.5. The quantitative estimate of drug-likeness (QED) is 0.864. The molecule has 2 N–H and O–H groups in total. The van der Waals surface area contributed by atoms with Gasteiger partial charge < -0.3 is 10.2 Å². The molecule has 0 radical (unpaired) electrons. The van der Waals surface area contributed by atoms with E-state index < -0.39 is 5.60 Å². The minimum absolute atomic E-state index is 0.141. The summed E-state index contributed by atoms with van der Waals surface area (Å²) >= 11 is 6.04. The van der Waals surface area contributed by atoms with E-state index in [-0.39, 0.29) is 18.2 Å². The molecule has 2 aromatic rings. The van der Waals surface area contributed by atoms with Crippen molar-refractivity contribution in [3.63, 3.8) is 0 Å². The van der Waals surface area contributed by atoms with Crippen LogP contribution in [0.3, 0.4) is 0 Å². The summed E-state index contributed by atoms with van der Waals surface area (Å²) in [4.78, 5) is 16.6. The zero-order chi connectivity index (χ0) is 13.6. The van der Waals surface area contributed by atoms with Crippen LogP contribution in [0.25, 0.3) is 10.9 Å². The molecule has 1 fully saturated rings. The van der Waals surface area contributed by atoms with Crippen molar-refractivity contribution in [3.8, 4) is 0 Å². The summed E-state index contributed by atoms with van der Waals surface area (Å²) in [7, 11) is 0. The van der Waals surface area contributed by atoms with Crippen molar-refractivity contribution in [1.82, 2.24) is 9.55 Å². The molecule has 19 heavy (non-hydrogen) atoms. The van der Waals surface area contributed by atoms with Gasteiger partial charge in [-0.2, -0.15) is 0 Å². The molecule has 0 spiro atoms. The molecule has 0 bridgehead atoms. The van der Waals surface area contributed by atoms with E-state index in [1.54, 1.807) is 18.2 Å². The molecule has 3 rings (SSSR count). The van der Waals surface area contributed by atoms with E-state index in [0.717, 1.165) is 0 Å². The maximum atomic E-state index is 12.4. The van der Waals surface area contributed by atoms with Crippen molar-refractivity contribution in [2.45, 2.75) is 24.5 Å². The summed E-state index contributed by atoms with van der Waals surface area (Å²) in [5.41, 5.74) is -0.717. The normalized spacial score (nSPS) is 26.4. The Morgan fingerprint density at radius 2 is 2.21 bits per heavy atom. The SMILES string of the molecule is O=c1c2c(Cl)cccc2ncn1C1CC(O)(CO)C1. The zero-order valence-corrected chi connectivity index (χ0v) is 10.8. The largest absolute Gasteiger partial charge is 0.393 e. The summed E-state index contributed by atoms with van der Waals surface area (Å²) in [5.74, 6) is 0. The molecular formula is C13H13ClN2O3. The van der Waals surface area contributed by atoms with Crippen LogP contribution in [0.15, 0.2) is 29.3 Å². The van der Waals surface area contributed by atoms with Gasteiger partial charge >= 0.3 is 0 Å². The van der Waals surface area contributed by atoms with Crippen LogP contribution in [0.1, 0.15) is 18.9 Å². The van der Waals surface area contributed by atoms with Gasteiger partial charge in [-0.25, -0.2) is 4.98 Å². The van der Waals surface area contributed by atoms with Crippen molar-refractivity contribution < 1.29 is 10.2 Å². The van der Waals surface area contributed by atoms with E-state index in [0.29, 0.717) is 28.8 Å². The molecule has 1 heterocycles. The number of rotatable bonds is 2. The lowest BCUT2D eigenvalue weighted by Crippen LogP contribution is -2.49. The Kier molecular flexibility index (Phi) is 2.85. The Hall–Kier alpha value is -1.43. The topological polar surface area (TPSA) is 75.4 Å². The lowest BCUT2D eigenvalue weighted by molar-refractivity contribution is -0.102. The molecule has 6 heteroatoms. The molecule has 0 amide bonds. The lowest BCUT2D eigenvalue weighted by atomic mass is 9.76. The first-order chi connectivity index (χ1) is 9.04. The van der Waals surface area contributed by atoms with Crippen molar-refractivity contribution in [1.29, 1.82) is 0 Å². The maximum absolute atomic E-state index is 12.4. The third kappa shape index (κ3) is 1.94. The van der Waals surface area contributed by atoms with Crippen molar-refractivity contribution in [2.75, 3.05) is 6.61 Å². The summed E-state index contributed by atoms with van der Waals surface area (Å²) in [5, 5.41) is 19.6. The third-order valence-corrected chi connectivity index (χ3v) is 4.00. The Labute approximate surface area is 114 Å². The molecule has 0 atom stereocenters. The molecule has 0 saturated heterocycles. The molecular weight excluding hydrogens is 268 g/mol. The van der Waals surface area contributed by atoms with Gasteiger partial charge in [-0.15, -0.1) is 0 Å². The van der Waals surface area contributed by atoms with Gasteiger partial charge in [0.05, 0.1) is 34.5 Å². The zero-order valence-electron chi connectivity index (χ0n) is 10.1. The number of aromatic nitrogens is 2. The second-order valence-corrected chi connectivity index (χ2v) is 5.44. The average Bonchev–Trinajstić information content (AvgIpc) is 2.36. The fourth-order valence-corrected chi connectivity index (χ4v) is 2.79. The number of hydrogen-bond acceptors (Lipinski definition) is 4. The Morgan fingerprint density at radius 3 is 2.89 bits per heavy atom. The highest BCUT2D eigenvalue weighted by Gasteiger charge is 2.43. The fraction of sp³-hybridized carbons (Fsp3) is 0.385. The van der Waals surface area contributed by atoms with Gasteiger partial charge in [0.25, 0.3) is 5.56 Å². The van der Waals surface area contributed by atoms with Crippen LogP contribution < -0.4 is 5.56 Å². The molecule has 1 aliphatic rings. The highest BCUT2D eigenvalue weighted by Crippen LogP contribution is 2.40. The van der Waals surface area contributed by atoms with Crippen LogP contribution >= 0.6 is 11.6 Å². The summed E-state index contributed by atoms with van der Waals surface area (Å²) in [6, 6.07) is 4.99. The van der Waals surface area contributed by atoms with Crippen molar-refractivity contribution in [2.24, 2.45) is 0 Å². The predicted molar refractivity (Wildman–Crippen MR) is 71.3 cm³/mol. The average molecular weight is 281 g/mol. The summed E-state index contributed by atoms with van der Waals surface area (Å²) in [6.07, 6.45) is 2.17. The number of aliphatic hydroxyl groups excluding tert-OH is 1. The van der Waals surface area contributed by atoms with E-state index in [9.17, 15) is 9.90 Å². The van der Waals surface area contributed by atoms with E-state index in [1.165, 1.54) is 10.9 Å². The first kappa shape index (κ1) is 12.6. The van der Waals surface area contributed by atoms with Gasteiger partial charge in [-0.3, -0.25) is 9.36 Å². The van der Waals surface area contributed by atoms with Gasteiger partial charge in [-0.1, -0.05) is 17.7 Å². The number of benzene rings is 1. The van der Waals surface area contributed by atoms with E-state index >= 15 is 0 Å². The smallest absolute Gasteiger partial charge is 0.262 e. The number of nitrogens with zero attached hydrogens (tertiary/aromatic N) is 2. The molecule has 100 valence electrons. The second kappa shape index (κ2) is 4.30. The van der Waals surface area contributed by atoms with Crippen molar-refractivity contribution in [3.05, 3.63) is 39.9 Å². The van der Waals surface area contributed by atoms with E-state index in [2.05, 4.69) is 4.98 Å². The van der Waals surface area contributed by atoms with Gasteiger partial charge in [0.1, 0.15) is 0 Å². The predicted octanol–water partition coefficient (Wildman–Crippen LogP) is 1.11. The molecule has 0 aliphatic heterocycles. The van der Waals surface area contributed by atoms with Crippen LogP contribution in [0.4, 0.5) is 0 Å². The molecule has 0 unspecified atom stereocenters. The molecule has 1 saturated carbocycles. The number of aliphatic hydroxyl groups is 2. The van der Waals surface area contributed by atoms with Crippen molar-refractivity contribution >= 4 is 22.5 Å². The second-order valence-electron chi connectivity index (χ2n) is 5.04. The Morgan fingerprint density at radius 1 is 1.47 bits per heavy atom. The molecule has 5 nitrogen and oxygen atoms in total. The highest BCUT2D eigenvalue weighted by molar-refractivity contribution is 6.35. The van der Waals surface area contributed by atoms with Crippen LogP contribution in [0, 0.1) is 0 Å². The standard InChI is InChI=1S/C13H13ClN2O3/c14-9-2-1-3-10-11(9)12(18)16(7-15-10)8-4-13(19,5-8)6-17/h1-3,7-8,17,19H,4-6H2. The van der Waals surface area contributed by atoms with E-state index in [4.69, 9.17) is 16.7 Å². The van der Waals surface area contributed by atoms with Crippen LogP contribution in [-0.2, 0) is 0 Å². The molecule has 1 aromatic carbocycles. The summed E-state index contributed by atoms with van der Waals surface area (Å²) < 4.78 is 1.48. The third-order valence-electron chi connectivity index (χ3n) is 3.68. The minimum Gasteiger partial charge on any atom is -0.393 e. The minimum atomic E-state index is -1.07. The lowest BCUT2D eigenvalue weighted by Gasteiger charge is -2.42. The fourth-order valence-electron chi connectivity index (χ4n) is 2.54. The van der Waals surface area contributed by atoms with Crippen LogP contribution in [0.2, 0.25) is 5.02 Å². The summed E-state index contributed by atoms with van der Waals surface area (Å²) in [6.45, 7) is -0.292. The van der Waals surface area contributed by atoms with Crippen LogP contribution in [-0.4, -0.2) is 32.0 Å². The Bertz CT molecular complexity index is 692. The number of fused-ring (bicyclic) bond motifs is 1. The first-order valence-corrected chi connectivity index (χ1v) is 6.40. The van der Waals surface area contributed by atoms with Gasteiger partial charge in [-0.05, 0) is 25.0 Å². The number of hydrogen-bond donors (Lipinski definition) is 2. The molecule has 1 aromatic heterocycles. The number of halogens is 1. The maximum Gasteiger partial charge on any atom is 0.262 e. The monoisotopic (exact) mass is 280 g/mol. The van der Waals surface area contributed by atoms with Crippen LogP contribution in [0.5, 0.6) is 0 Å². The van der Waals surface area contributed by atoms with Gasteiger partial charge in [0.2, 0.25) is 0 Å². The molecule has 1 aliphatic carbocycles. The van der Waals surface area contributed by atoms with E-state index in [1.807, 2.05) is 0 Å².